The average molecular weight is 303 g/mol. The first-order valence-electron chi connectivity index (χ1n) is 7.03. The van der Waals surface area contributed by atoms with Gasteiger partial charge in [0.15, 0.2) is 0 Å². The monoisotopic (exact) mass is 302 g/mol. The van der Waals surface area contributed by atoms with Crippen LogP contribution in [0.5, 0.6) is 0 Å². The number of hydrogen-bond acceptors (Lipinski definition) is 2. The van der Waals surface area contributed by atoms with Gasteiger partial charge in [-0.2, -0.15) is 0 Å². The summed E-state index contributed by atoms with van der Waals surface area (Å²) in [6, 6.07) is 17.4. The van der Waals surface area contributed by atoms with Gasteiger partial charge in [-0.1, -0.05) is 54.1 Å². The molecule has 0 fully saturated rings. The topological polar surface area (TPSA) is 26.3 Å². The minimum Gasteiger partial charge on any atom is -0.465 e. The van der Waals surface area contributed by atoms with Crippen molar-refractivity contribution in [1.82, 2.24) is 0 Å². The number of ether oxygens (including phenoxy) is 1. The van der Waals surface area contributed by atoms with E-state index in [2.05, 4.69) is 0 Å². The van der Waals surface area contributed by atoms with Crippen molar-refractivity contribution < 1.29 is 9.53 Å². The molecule has 0 saturated carbocycles. The predicted octanol–water partition coefficient (Wildman–Crippen LogP) is 4.40. The molecule has 1 atom stereocenters. The van der Waals surface area contributed by atoms with Gasteiger partial charge in [0.1, 0.15) is 0 Å². The fraction of sp³-hybridized carbons (Fsp3) is 0.278. The van der Waals surface area contributed by atoms with Crippen molar-refractivity contribution in [3.63, 3.8) is 0 Å². The largest absolute Gasteiger partial charge is 0.465 e. The molecule has 2 aromatic rings. The molecule has 2 aromatic carbocycles. The third-order valence-corrected chi connectivity index (χ3v) is 3.86. The van der Waals surface area contributed by atoms with Gasteiger partial charge in [-0.25, -0.2) is 0 Å². The van der Waals surface area contributed by atoms with Crippen LogP contribution >= 0.6 is 11.6 Å². The van der Waals surface area contributed by atoms with Gasteiger partial charge in [0.25, 0.3) is 0 Å². The molecule has 21 heavy (non-hydrogen) atoms. The summed E-state index contributed by atoms with van der Waals surface area (Å²) < 4.78 is 5.29. The van der Waals surface area contributed by atoms with Crippen molar-refractivity contribution in [2.24, 2.45) is 0 Å². The number of hydrogen-bond donors (Lipinski definition) is 0. The van der Waals surface area contributed by atoms with Crippen LogP contribution in [-0.4, -0.2) is 12.6 Å². The number of rotatable bonds is 5. The van der Waals surface area contributed by atoms with Gasteiger partial charge in [0.2, 0.25) is 0 Å². The minimum absolute atomic E-state index is 0.212. The summed E-state index contributed by atoms with van der Waals surface area (Å²) in [4.78, 5) is 12.5. The summed E-state index contributed by atoms with van der Waals surface area (Å²) in [5.74, 6) is -0.212. The number of benzene rings is 2. The molecule has 0 radical (unpaired) electrons. The Labute approximate surface area is 130 Å². The van der Waals surface area contributed by atoms with E-state index in [1.165, 1.54) is 0 Å². The Morgan fingerprint density at radius 1 is 1.10 bits per heavy atom. The van der Waals surface area contributed by atoms with Crippen molar-refractivity contribution in [2.75, 3.05) is 6.61 Å². The first-order valence-corrected chi connectivity index (χ1v) is 7.41. The number of carbonyl (C=O) groups is 1. The normalized spacial score (nSPS) is 13.5. The van der Waals surface area contributed by atoms with E-state index >= 15 is 0 Å². The number of esters is 1. The Morgan fingerprint density at radius 2 is 1.71 bits per heavy atom. The van der Waals surface area contributed by atoms with E-state index < -0.39 is 5.41 Å². The Kier molecular flexibility index (Phi) is 5.03. The third kappa shape index (κ3) is 3.64. The molecule has 0 aliphatic rings. The minimum atomic E-state index is -0.720. The maximum Gasteiger partial charge on any atom is 0.316 e. The highest BCUT2D eigenvalue weighted by molar-refractivity contribution is 6.30. The zero-order valence-corrected chi connectivity index (χ0v) is 13.1. The second-order valence-electron chi connectivity index (χ2n) is 5.22. The van der Waals surface area contributed by atoms with Crippen molar-refractivity contribution in [3.8, 4) is 0 Å². The maximum absolute atomic E-state index is 12.5. The van der Waals surface area contributed by atoms with Gasteiger partial charge in [0.05, 0.1) is 12.0 Å². The van der Waals surface area contributed by atoms with Crippen LogP contribution in [0.4, 0.5) is 0 Å². The second-order valence-corrected chi connectivity index (χ2v) is 5.66. The van der Waals surface area contributed by atoms with Gasteiger partial charge in [-0.15, -0.1) is 0 Å². The zero-order valence-electron chi connectivity index (χ0n) is 12.3. The van der Waals surface area contributed by atoms with Gasteiger partial charge >= 0.3 is 5.97 Å². The highest BCUT2D eigenvalue weighted by atomic mass is 35.5. The summed E-state index contributed by atoms with van der Waals surface area (Å²) >= 11 is 5.95. The molecule has 0 spiro atoms. The maximum atomic E-state index is 12.5. The molecular weight excluding hydrogens is 284 g/mol. The van der Waals surface area contributed by atoms with Crippen LogP contribution in [0, 0.1) is 0 Å². The highest BCUT2D eigenvalue weighted by Gasteiger charge is 2.36. The molecule has 110 valence electrons. The zero-order chi connectivity index (χ0) is 15.3. The first kappa shape index (κ1) is 15.6. The highest BCUT2D eigenvalue weighted by Crippen LogP contribution is 2.30. The average Bonchev–Trinajstić information content (AvgIpc) is 2.49. The molecular formula is C18H19ClO2. The van der Waals surface area contributed by atoms with Crippen molar-refractivity contribution in [3.05, 3.63) is 70.7 Å². The van der Waals surface area contributed by atoms with Crippen LogP contribution in [0.15, 0.2) is 54.6 Å². The molecule has 3 heteroatoms. The van der Waals surface area contributed by atoms with Crippen molar-refractivity contribution in [2.45, 2.75) is 25.7 Å². The molecule has 0 saturated heterocycles. The van der Waals surface area contributed by atoms with Gasteiger partial charge in [-0.3, -0.25) is 4.79 Å². The van der Waals surface area contributed by atoms with E-state index in [-0.39, 0.29) is 5.97 Å². The summed E-state index contributed by atoms with van der Waals surface area (Å²) in [6.45, 7) is 4.11. The smallest absolute Gasteiger partial charge is 0.316 e. The fourth-order valence-corrected chi connectivity index (χ4v) is 2.53. The first-order chi connectivity index (χ1) is 10.1. The SMILES string of the molecule is CCOC(=O)C(C)(Cc1ccccc1)c1ccc(Cl)cc1. The van der Waals surface area contributed by atoms with Crippen molar-refractivity contribution in [1.29, 1.82) is 0 Å². The van der Waals surface area contributed by atoms with Crippen LogP contribution in [0.25, 0.3) is 0 Å². The lowest BCUT2D eigenvalue weighted by molar-refractivity contribution is -0.149. The molecule has 2 rings (SSSR count). The van der Waals surface area contributed by atoms with Gasteiger partial charge in [-0.05, 0) is 43.5 Å². The lowest BCUT2D eigenvalue weighted by atomic mass is 9.77. The second kappa shape index (κ2) is 6.77. The van der Waals surface area contributed by atoms with Crippen LogP contribution < -0.4 is 0 Å². The molecule has 0 amide bonds. The number of halogens is 1. The molecule has 0 bridgehead atoms. The summed E-state index contributed by atoms with van der Waals surface area (Å²) in [5, 5.41) is 0.657. The molecule has 0 N–H and O–H groups in total. The van der Waals surface area contributed by atoms with Crippen LogP contribution in [0.3, 0.4) is 0 Å². The summed E-state index contributed by atoms with van der Waals surface area (Å²) in [6.07, 6.45) is 0.592. The Bertz CT molecular complexity index is 592. The molecule has 0 aliphatic carbocycles. The Balaban J connectivity index is 2.38. The van der Waals surface area contributed by atoms with Crippen LogP contribution in [0.1, 0.15) is 25.0 Å². The van der Waals surface area contributed by atoms with E-state index in [1.54, 1.807) is 12.1 Å². The third-order valence-electron chi connectivity index (χ3n) is 3.61. The Hall–Kier alpha value is -1.80. The lowest BCUT2D eigenvalue weighted by Crippen LogP contribution is -2.36. The van der Waals surface area contributed by atoms with E-state index in [0.717, 1.165) is 11.1 Å². The van der Waals surface area contributed by atoms with E-state index in [0.29, 0.717) is 18.1 Å². The van der Waals surface area contributed by atoms with Crippen LogP contribution in [0.2, 0.25) is 5.02 Å². The standard InChI is InChI=1S/C18H19ClO2/c1-3-21-17(20)18(2,13-14-7-5-4-6-8-14)15-9-11-16(19)12-10-15/h4-12H,3,13H2,1-2H3. The lowest BCUT2D eigenvalue weighted by Gasteiger charge is -2.28. The molecule has 2 nitrogen and oxygen atoms in total. The van der Waals surface area contributed by atoms with Crippen molar-refractivity contribution >= 4 is 17.6 Å². The molecule has 1 unspecified atom stereocenters. The fourth-order valence-electron chi connectivity index (χ4n) is 2.40. The number of carbonyl (C=O) groups excluding carboxylic acids is 1. The predicted molar refractivity (Wildman–Crippen MR) is 85.6 cm³/mol. The van der Waals surface area contributed by atoms with Gasteiger partial charge < -0.3 is 4.74 Å². The summed E-state index contributed by atoms with van der Waals surface area (Å²) in [5.41, 5.74) is 1.29. The molecule has 0 aliphatic heterocycles. The van der Waals surface area contributed by atoms with E-state index in [9.17, 15) is 4.79 Å². The van der Waals surface area contributed by atoms with E-state index in [4.69, 9.17) is 16.3 Å². The van der Waals surface area contributed by atoms with Gasteiger partial charge in [0, 0.05) is 5.02 Å². The molecule has 0 aromatic heterocycles. The van der Waals surface area contributed by atoms with Crippen LogP contribution in [-0.2, 0) is 21.4 Å². The quantitative estimate of drug-likeness (QED) is 0.765. The Morgan fingerprint density at radius 3 is 2.29 bits per heavy atom. The summed E-state index contributed by atoms with van der Waals surface area (Å²) in [7, 11) is 0. The van der Waals surface area contributed by atoms with E-state index in [1.807, 2.05) is 56.3 Å². The molecule has 0 heterocycles.